The van der Waals surface area contributed by atoms with Gasteiger partial charge < -0.3 is 14.5 Å². The van der Waals surface area contributed by atoms with Gasteiger partial charge in [-0.2, -0.15) is 0 Å². The molecule has 0 bridgehead atoms. The number of nitrogens with one attached hydrogen (secondary N) is 1. The molecule has 5 heteroatoms. The van der Waals surface area contributed by atoms with Gasteiger partial charge in [0.05, 0.1) is 18.9 Å². The Kier molecular flexibility index (Phi) is 5.75. The highest BCUT2D eigenvalue weighted by molar-refractivity contribution is 5.94. The lowest BCUT2D eigenvalue weighted by Gasteiger charge is -2.22. The average molecular weight is 302 g/mol. The molecule has 1 heterocycles. The van der Waals surface area contributed by atoms with Crippen LogP contribution in [-0.4, -0.2) is 38.6 Å². The number of ether oxygens (including phenoxy) is 1. The van der Waals surface area contributed by atoms with E-state index in [0.29, 0.717) is 18.7 Å². The number of carbonyl (C=O) groups is 1. The number of hydrogen-bond acceptors (Lipinski definition) is 4. The molecule has 1 aromatic carbocycles. The molecule has 0 spiro atoms. The van der Waals surface area contributed by atoms with Crippen molar-refractivity contribution in [1.82, 2.24) is 10.2 Å². The third kappa shape index (κ3) is 4.19. The number of amides is 1. The first-order valence-electron chi connectivity index (χ1n) is 7.17. The fourth-order valence-electron chi connectivity index (χ4n) is 2.28. The van der Waals surface area contributed by atoms with E-state index in [0.717, 1.165) is 11.3 Å². The molecule has 5 nitrogen and oxygen atoms in total. The standard InChI is InChI=1S/C17H22N2O3/c1-19(2)15(16-8-5-9-22-16)11-18-17(20)14-7-4-6-13(10-14)12-21-3/h4-10,15H,11-12H2,1-3H3,(H,18,20). The summed E-state index contributed by atoms with van der Waals surface area (Å²) in [6, 6.07) is 11.2. The largest absolute Gasteiger partial charge is 0.468 e. The first kappa shape index (κ1) is 16.3. The van der Waals surface area contributed by atoms with Gasteiger partial charge in [0.1, 0.15) is 5.76 Å². The lowest BCUT2D eigenvalue weighted by molar-refractivity contribution is 0.0938. The molecule has 1 amide bonds. The molecule has 0 saturated carbocycles. The van der Waals surface area contributed by atoms with E-state index in [9.17, 15) is 4.79 Å². The maximum atomic E-state index is 12.3. The lowest BCUT2D eigenvalue weighted by atomic mass is 10.1. The predicted molar refractivity (Wildman–Crippen MR) is 84.6 cm³/mol. The summed E-state index contributed by atoms with van der Waals surface area (Å²) in [5.74, 6) is 0.731. The van der Waals surface area contributed by atoms with Gasteiger partial charge in [-0.25, -0.2) is 0 Å². The zero-order chi connectivity index (χ0) is 15.9. The molecule has 0 radical (unpaired) electrons. The number of benzene rings is 1. The van der Waals surface area contributed by atoms with E-state index in [1.54, 1.807) is 19.4 Å². The van der Waals surface area contributed by atoms with E-state index in [4.69, 9.17) is 9.15 Å². The van der Waals surface area contributed by atoms with Crippen molar-refractivity contribution in [1.29, 1.82) is 0 Å². The van der Waals surface area contributed by atoms with Crippen molar-refractivity contribution in [2.24, 2.45) is 0 Å². The summed E-state index contributed by atoms with van der Waals surface area (Å²) >= 11 is 0. The summed E-state index contributed by atoms with van der Waals surface area (Å²) in [6.45, 7) is 0.974. The molecule has 2 rings (SSSR count). The Bertz CT molecular complexity index is 594. The van der Waals surface area contributed by atoms with E-state index in [1.807, 2.05) is 49.3 Å². The van der Waals surface area contributed by atoms with E-state index < -0.39 is 0 Å². The van der Waals surface area contributed by atoms with Crippen LogP contribution >= 0.6 is 0 Å². The molecular formula is C17H22N2O3. The number of nitrogens with zero attached hydrogens (tertiary/aromatic N) is 1. The predicted octanol–water partition coefficient (Wildman–Crippen LogP) is 2.46. The smallest absolute Gasteiger partial charge is 0.251 e. The number of likely N-dealkylation sites (N-methyl/N-ethyl adjacent to an activating group) is 1. The number of methoxy groups -OCH3 is 1. The Morgan fingerprint density at radius 1 is 1.32 bits per heavy atom. The number of rotatable bonds is 7. The molecule has 0 aliphatic heterocycles. The molecule has 0 aliphatic carbocycles. The van der Waals surface area contributed by atoms with Gasteiger partial charge in [0.25, 0.3) is 5.91 Å². The van der Waals surface area contributed by atoms with Gasteiger partial charge in [-0.3, -0.25) is 9.69 Å². The second-order valence-corrected chi connectivity index (χ2v) is 5.34. The van der Waals surface area contributed by atoms with Crippen molar-refractivity contribution in [2.45, 2.75) is 12.6 Å². The van der Waals surface area contributed by atoms with Crippen molar-refractivity contribution >= 4 is 5.91 Å². The van der Waals surface area contributed by atoms with Crippen LogP contribution in [-0.2, 0) is 11.3 Å². The fourth-order valence-corrected chi connectivity index (χ4v) is 2.28. The highest BCUT2D eigenvalue weighted by atomic mass is 16.5. The third-order valence-electron chi connectivity index (χ3n) is 3.45. The second kappa shape index (κ2) is 7.77. The Morgan fingerprint density at radius 3 is 2.77 bits per heavy atom. The average Bonchev–Trinajstić information content (AvgIpc) is 3.01. The van der Waals surface area contributed by atoms with Crippen molar-refractivity contribution in [3.8, 4) is 0 Å². The molecule has 1 N–H and O–H groups in total. The van der Waals surface area contributed by atoms with Crippen LogP contribution in [0.2, 0.25) is 0 Å². The van der Waals surface area contributed by atoms with Crippen LogP contribution < -0.4 is 5.32 Å². The first-order chi connectivity index (χ1) is 10.6. The minimum atomic E-state index is -0.101. The van der Waals surface area contributed by atoms with E-state index in [-0.39, 0.29) is 11.9 Å². The van der Waals surface area contributed by atoms with Crippen LogP contribution in [0.4, 0.5) is 0 Å². The first-order valence-corrected chi connectivity index (χ1v) is 7.17. The maximum Gasteiger partial charge on any atom is 0.251 e. The van der Waals surface area contributed by atoms with Gasteiger partial charge in [0.2, 0.25) is 0 Å². The SMILES string of the molecule is COCc1cccc(C(=O)NCC(c2ccco2)N(C)C)c1. The summed E-state index contributed by atoms with van der Waals surface area (Å²) in [5.41, 5.74) is 1.61. The van der Waals surface area contributed by atoms with Crippen LogP contribution in [0.1, 0.15) is 27.7 Å². The molecular weight excluding hydrogens is 280 g/mol. The molecule has 22 heavy (non-hydrogen) atoms. The van der Waals surface area contributed by atoms with Crippen molar-refractivity contribution < 1.29 is 13.9 Å². The number of furan rings is 1. The normalized spacial score (nSPS) is 12.4. The number of hydrogen-bond donors (Lipinski definition) is 1. The van der Waals surface area contributed by atoms with Gasteiger partial charge in [-0.15, -0.1) is 0 Å². The van der Waals surface area contributed by atoms with Crippen LogP contribution in [0.15, 0.2) is 47.1 Å². The minimum Gasteiger partial charge on any atom is -0.468 e. The van der Waals surface area contributed by atoms with Gasteiger partial charge in [0, 0.05) is 19.2 Å². The molecule has 118 valence electrons. The van der Waals surface area contributed by atoms with Crippen LogP contribution in [0.5, 0.6) is 0 Å². The summed E-state index contributed by atoms with van der Waals surface area (Å²) in [4.78, 5) is 14.3. The van der Waals surface area contributed by atoms with Gasteiger partial charge >= 0.3 is 0 Å². The molecule has 0 fully saturated rings. The van der Waals surface area contributed by atoms with Crippen LogP contribution in [0.3, 0.4) is 0 Å². The molecule has 0 aliphatic rings. The van der Waals surface area contributed by atoms with Crippen LogP contribution in [0.25, 0.3) is 0 Å². The number of carbonyl (C=O) groups excluding carboxylic acids is 1. The van der Waals surface area contributed by atoms with Gasteiger partial charge in [0.15, 0.2) is 0 Å². The van der Waals surface area contributed by atoms with Crippen molar-refractivity contribution in [3.05, 3.63) is 59.5 Å². The van der Waals surface area contributed by atoms with E-state index >= 15 is 0 Å². The topological polar surface area (TPSA) is 54.7 Å². The molecule has 1 unspecified atom stereocenters. The highest BCUT2D eigenvalue weighted by Crippen LogP contribution is 2.17. The zero-order valence-corrected chi connectivity index (χ0v) is 13.2. The van der Waals surface area contributed by atoms with Crippen LogP contribution in [0, 0.1) is 0 Å². The van der Waals surface area contributed by atoms with Gasteiger partial charge in [-0.05, 0) is 43.9 Å². The maximum absolute atomic E-state index is 12.3. The molecule has 1 atom stereocenters. The fraction of sp³-hybridized carbons (Fsp3) is 0.353. The second-order valence-electron chi connectivity index (χ2n) is 5.34. The monoisotopic (exact) mass is 302 g/mol. The molecule has 0 saturated heterocycles. The zero-order valence-electron chi connectivity index (χ0n) is 13.2. The summed E-state index contributed by atoms with van der Waals surface area (Å²) in [5, 5.41) is 2.96. The Hall–Kier alpha value is -2.11. The minimum absolute atomic E-state index is 0.00103. The summed E-state index contributed by atoms with van der Waals surface area (Å²) in [6.07, 6.45) is 1.64. The molecule has 1 aromatic heterocycles. The lowest BCUT2D eigenvalue weighted by Crippen LogP contribution is -2.34. The van der Waals surface area contributed by atoms with Crippen molar-refractivity contribution in [3.63, 3.8) is 0 Å². The Morgan fingerprint density at radius 2 is 2.14 bits per heavy atom. The highest BCUT2D eigenvalue weighted by Gasteiger charge is 2.18. The van der Waals surface area contributed by atoms with Crippen molar-refractivity contribution in [2.75, 3.05) is 27.7 Å². The van der Waals surface area contributed by atoms with E-state index in [1.165, 1.54) is 0 Å². The summed E-state index contributed by atoms with van der Waals surface area (Å²) < 4.78 is 10.5. The van der Waals surface area contributed by atoms with E-state index in [2.05, 4.69) is 5.32 Å². The molecule has 2 aromatic rings. The quantitative estimate of drug-likeness (QED) is 0.853. The summed E-state index contributed by atoms with van der Waals surface area (Å²) in [7, 11) is 5.55. The Labute approximate surface area is 130 Å². The van der Waals surface area contributed by atoms with Gasteiger partial charge in [-0.1, -0.05) is 12.1 Å². The third-order valence-corrected chi connectivity index (χ3v) is 3.45. The Balaban J connectivity index is 2.00.